The van der Waals surface area contributed by atoms with Crippen LogP contribution in [0.5, 0.6) is 0 Å². The van der Waals surface area contributed by atoms with Gasteiger partial charge in [-0.2, -0.15) is 0 Å². The van der Waals surface area contributed by atoms with Gasteiger partial charge < -0.3 is 0 Å². The minimum absolute atomic E-state index is 0.726. The Kier molecular flexibility index (Phi) is 7.33. The standard InChI is InChI=1S/C14H20Se/c1-2-3-7-12-15-13-8-11-14-9-5-4-6-10-14/h4-6,8-10,13H,2-3,7,11-12H2,1H3/b13-8-. The molecule has 0 nitrogen and oxygen atoms in total. The van der Waals surface area contributed by atoms with Crippen molar-refractivity contribution in [3.63, 3.8) is 0 Å². The van der Waals surface area contributed by atoms with E-state index in [1.165, 1.54) is 30.1 Å². The SMILES string of the molecule is CCCCC[Se]/C=C\Cc1ccccc1. The molecule has 0 aromatic heterocycles. The van der Waals surface area contributed by atoms with E-state index in [1.807, 2.05) is 0 Å². The quantitative estimate of drug-likeness (QED) is 0.516. The zero-order valence-electron chi connectivity index (χ0n) is 9.49. The van der Waals surface area contributed by atoms with E-state index < -0.39 is 0 Å². The number of hydrogen-bond acceptors (Lipinski definition) is 0. The Morgan fingerprint density at radius 3 is 2.67 bits per heavy atom. The molecule has 0 aliphatic carbocycles. The first-order valence-corrected chi connectivity index (χ1v) is 7.94. The average molecular weight is 267 g/mol. The molecule has 0 saturated carbocycles. The van der Waals surface area contributed by atoms with Crippen molar-refractivity contribution in [3.05, 3.63) is 46.9 Å². The number of unbranched alkanes of at least 4 members (excludes halogenated alkanes) is 2. The van der Waals surface area contributed by atoms with Crippen LogP contribution in [0.25, 0.3) is 0 Å². The summed E-state index contributed by atoms with van der Waals surface area (Å²) in [6.45, 7) is 2.26. The molecule has 1 rings (SSSR count). The number of benzene rings is 1. The average Bonchev–Trinajstić information content (AvgIpc) is 2.29. The summed E-state index contributed by atoms with van der Waals surface area (Å²) in [6, 6.07) is 10.7. The van der Waals surface area contributed by atoms with E-state index in [9.17, 15) is 0 Å². The molecule has 0 bridgehead atoms. The van der Waals surface area contributed by atoms with E-state index in [2.05, 4.69) is 48.3 Å². The van der Waals surface area contributed by atoms with Crippen molar-refractivity contribution in [2.24, 2.45) is 0 Å². The maximum absolute atomic E-state index is 2.38. The van der Waals surface area contributed by atoms with E-state index in [1.54, 1.807) is 0 Å². The van der Waals surface area contributed by atoms with Gasteiger partial charge in [-0.25, -0.2) is 0 Å². The first-order chi connectivity index (χ1) is 7.43. The summed E-state index contributed by atoms with van der Waals surface area (Å²) in [5.41, 5.74) is 1.41. The van der Waals surface area contributed by atoms with Crippen LogP contribution in [0.1, 0.15) is 31.7 Å². The second kappa shape index (κ2) is 8.76. The Morgan fingerprint density at radius 2 is 1.93 bits per heavy atom. The van der Waals surface area contributed by atoms with Crippen LogP contribution >= 0.6 is 0 Å². The van der Waals surface area contributed by atoms with Gasteiger partial charge in [-0.05, 0) is 0 Å². The second-order valence-corrected chi connectivity index (χ2v) is 5.77. The molecular formula is C14H20Se. The zero-order chi connectivity index (χ0) is 10.8. The Hall–Kier alpha value is -0.521. The molecule has 1 aromatic rings. The van der Waals surface area contributed by atoms with Crippen LogP contribution in [-0.4, -0.2) is 15.0 Å². The number of allylic oxidation sites excluding steroid dienone is 1. The van der Waals surface area contributed by atoms with Crippen molar-refractivity contribution in [1.82, 2.24) is 0 Å². The van der Waals surface area contributed by atoms with Crippen molar-refractivity contribution in [1.29, 1.82) is 0 Å². The van der Waals surface area contributed by atoms with Crippen molar-refractivity contribution in [3.8, 4) is 0 Å². The zero-order valence-corrected chi connectivity index (χ0v) is 11.2. The molecule has 0 atom stereocenters. The molecule has 1 heteroatoms. The van der Waals surface area contributed by atoms with E-state index in [0.717, 1.165) is 21.4 Å². The molecule has 15 heavy (non-hydrogen) atoms. The van der Waals surface area contributed by atoms with Gasteiger partial charge in [0.05, 0.1) is 0 Å². The van der Waals surface area contributed by atoms with Gasteiger partial charge in [-0.15, -0.1) is 0 Å². The van der Waals surface area contributed by atoms with Crippen LogP contribution in [0.3, 0.4) is 0 Å². The third-order valence-corrected chi connectivity index (χ3v) is 4.16. The Labute approximate surface area is 99.9 Å². The van der Waals surface area contributed by atoms with Gasteiger partial charge in [-0.1, -0.05) is 0 Å². The monoisotopic (exact) mass is 268 g/mol. The minimum atomic E-state index is 0.726. The Balaban J connectivity index is 2.07. The summed E-state index contributed by atoms with van der Waals surface area (Å²) in [6.07, 6.45) is 7.56. The van der Waals surface area contributed by atoms with Crippen molar-refractivity contribution < 1.29 is 0 Å². The fourth-order valence-corrected chi connectivity index (χ4v) is 2.92. The molecule has 0 aliphatic rings. The first-order valence-electron chi connectivity index (χ1n) is 5.74. The molecule has 0 spiro atoms. The van der Waals surface area contributed by atoms with Crippen molar-refractivity contribution in [2.75, 3.05) is 0 Å². The van der Waals surface area contributed by atoms with E-state index in [0.29, 0.717) is 0 Å². The van der Waals surface area contributed by atoms with Crippen LogP contribution < -0.4 is 0 Å². The second-order valence-electron chi connectivity index (χ2n) is 3.64. The molecule has 0 amide bonds. The van der Waals surface area contributed by atoms with Crippen LogP contribution in [-0.2, 0) is 6.42 Å². The van der Waals surface area contributed by atoms with Crippen molar-refractivity contribution in [2.45, 2.75) is 37.9 Å². The maximum atomic E-state index is 2.38. The van der Waals surface area contributed by atoms with Gasteiger partial charge >= 0.3 is 99.8 Å². The van der Waals surface area contributed by atoms with Gasteiger partial charge in [0.1, 0.15) is 0 Å². The summed E-state index contributed by atoms with van der Waals surface area (Å²) in [4.78, 5) is 2.38. The van der Waals surface area contributed by atoms with E-state index >= 15 is 0 Å². The molecule has 82 valence electrons. The molecule has 0 heterocycles. The van der Waals surface area contributed by atoms with Crippen molar-refractivity contribution >= 4 is 15.0 Å². The normalized spacial score (nSPS) is 11.0. The molecule has 0 fully saturated rings. The molecule has 0 radical (unpaired) electrons. The third-order valence-electron chi connectivity index (χ3n) is 2.25. The topological polar surface area (TPSA) is 0 Å². The molecule has 0 aliphatic heterocycles. The number of rotatable bonds is 7. The fourth-order valence-electron chi connectivity index (χ4n) is 1.37. The third kappa shape index (κ3) is 6.54. The Morgan fingerprint density at radius 1 is 1.13 bits per heavy atom. The van der Waals surface area contributed by atoms with E-state index in [-0.39, 0.29) is 0 Å². The van der Waals surface area contributed by atoms with Crippen LogP contribution in [0.2, 0.25) is 5.32 Å². The van der Waals surface area contributed by atoms with Gasteiger partial charge in [0.2, 0.25) is 0 Å². The summed E-state index contributed by atoms with van der Waals surface area (Å²) >= 11 is 0.726. The van der Waals surface area contributed by atoms with Crippen LogP contribution in [0.15, 0.2) is 41.4 Å². The van der Waals surface area contributed by atoms with Crippen LogP contribution in [0.4, 0.5) is 0 Å². The van der Waals surface area contributed by atoms with Gasteiger partial charge in [-0.3, -0.25) is 0 Å². The number of hydrogen-bond donors (Lipinski definition) is 0. The Bertz CT molecular complexity index is 264. The fraction of sp³-hybridized carbons (Fsp3) is 0.429. The summed E-state index contributed by atoms with van der Waals surface area (Å²) in [7, 11) is 0. The molecule has 0 saturated heterocycles. The van der Waals surface area contributed by atoms with E-state index in [4.69, 9.17) is 0 Å². The molecular weight excluding hydrogens is 247 g/mol. The first kappa shape index (κ1) is 12.5. The van der Waals surface area contributed by atoms with Gasteiger partial charge in [0.25, 0.3) is 0 Å². The predicted molar refractivity (Wildman–Crippen MR) is 69.4 cm³/mol. The summed E-state index contributed by atoms with van der Waals surface area (Å²) < 4.78 is 0. The summed E-state index contributed by atoms with van der Waals surface area (Å²) in [5.74, 6) is 0. The van der Waals surface area contributed by atoms with Gasteiger partial charge in [0.15, 0.2) is 0 Å². The molecule has 0 N–H and O–H groups in total. The predicted octanol–water partition coefficient (Wildman–Crippen LogP) is 4.06. The van der Waals surface area contributed by atoms with Crippen LogP contribution in [0, 0.1) is 0 Å². The summed E-state index contributed by atoms with van der Waals surface area (Å²) in [5, 5.41) is 1.41. The molecule has 1 aromatic carbocycles. The van der Waals surface area contributed by atoms with Gasteiger partial charge in [0, 0.05) is 0 Å². The molecule has 0 unspecified atom stereocenters.